The van der Waals surface area contributed by atoms with Crippen molar-refractivity contribution in [1.82, 2.24) is 13.7 Å². The number of para-hydroxylation sites is 1. The van der Waals surface area contributed by atoms with E-state index >= 15 is 0 Å². The molecule has 1 aromatic carbocycles. The molecule has 0 radical (unpaired) electrons. The van der Waals surface area contributed by atoms with Crippen molar-refractivity contribution in [2.45, 2.75) is 6.92 Å². The Bertz CT molecular complexity index is 904. The van der Waals surface area contributed by atoms with Crippen molar-refractivity contribution in [1.29, 1.82) is 0 Å². The number of nitrogens with zero attached hydrogens (tertiary/aromatic N) is 4. The van der Waals surface area contributed by atoms with Crippen LogP contribution in [0.25, 0.3) is 5.69 Å². The van der Waals surface area contributed by atoms with Gasteiger partial charge in [0.25, 0.3) is 5.56 Å². The highest BCUT2D eigenvalue weighted by molar-refractivity contribution is 7.66. The van der Waals surface area contributed by atoms with Gasteiger partial charge >= 0.3 is 0 Å². The van der Waals surface area contributed by atoms with Crippen molar-refractivity contribution in [2.24, 2.45) is 12.0 Å². The van der Waals surface area contributed by atoms with E-state index in [1.165, 1.54) is 20.9 Å². The molecule has 0 spiro atoms. The molecule has 0 aliphatic rings. The first-order valence-corrected chi connectivity index (χ1v) is 8.58. The molecule has 0 unspecified atom stereocenters. The Labute approximate surface area is 132 Å². The summed E-state index contributed by atoms with van der Waals surface area (Å²) in [7, 11) is 4.44. The summed E-state index contributed by atoms with van der Waals surface area (Å²) in [5.41, 5.74) is 1.79. The Morgan fingerprint density at radius 2 is 2.00 bits per heavy atom. The fourth-order valence-electron chi connectivity index (χ4n) is 2.01. The van der Waals surface area contributed by atoms with Crippen molar-refractivity contribution in [3.63, 3.8) is 0 Å². The maximum Gasteiger partial charge on any atom is 0.297 e. The predicted molar refractivity (Wildman–Crippen MR) is 86.0 cm³/mol. The van der Waals surface area contributed by atoms with E-state index in [0.29, 0.717) is 15.5 Å². The number of halogens is 1. The van der Waals surface area contributed by atoms with Crippen LogP contribution in [0.5, 0.6) is 0 Å². The second-order valence-corrected chi connectivity index (χ2v) is 6.56. The summed E-state index contributed by atoms with van der Waals surface area (Å²) in [6, 6.07) is 9.46. The van der Waals surface area contributed by atoms with E-state index in [4.69, 9.17) is 11.6 Å². The first-order chi connectivity index (χ1) is 10.1. The molecule has 2 aromatic heterocycles. The summed E-state index contributed by atoms with van der Waals surface area (Å²) in [6.07, 6.45) is 0. The van der Waals surface area contributed by atoms with Gasteiger partial charge in [-0.25, -0.2) is 9.67 Å². The van der Waals surface area contributed by atoms with E-state index < -0.39 is 0 Å². The zero-order chi connectivity index (χ0) is 15.0. The Morgan fingerprint density at radius 1 is 1.29 bits per heavy atom. The Morgan fingerprint density at radius 3 is 2.62 bits per heavy atom. The summed E-state index contributed by atoms with van der Waals surface area (Å²) < 4.78 is 7.91. The van der Waals surface area contributed by atoms with Gasteiger partial charge in [0.15, 0.2) is 15.5 Å². The van der Waals surface area contributed by atoms with Crippen molar-refractivity contribution in [2.75, 3.05) is 0 Å². The zero-order valence-corrected chi connectivity index (χ0v) is 13.7. The summed E-state index contributed by atoms with van der Waals surface area (Å²) in [5, 5.41) is 0.332. The predicted octanol–water partition coefficient (Wildman–Crippen LogP) is 2.89. The SMILES string of the molecule is Cc1c(N=c2ssnc2Cl)c(=O)n(-c2ccccc2)n1C. The number of hydrogen-bond acceptors (Lipinski definition) is 5. The highest BCUT2D eigenvalue weighted by Crippen LogP contribution is 2.17. The fraction of sp³-hybridized carbons (Fsp3) is 0.154. The molecule has 0 amide bonds. The number of rotatable bonds is 2. The lowest BCUT2D eigenvalue weighted by Crippen LogP contribution is -2.19. The third-order valence-corrected chi connectivity index (χ3v) is 5.32. The second kappa shape index (κ2) is 5.59. The highest BCUT2D eigenvalue weighted by Gasteiger charge is 2.15. The van der Waals surface area contributed by atoms with Crippen LogP contribution in [0.4, 0.5) is 5.69 Å². The molecule has 0 bridgehead atoms. The average molecular weight is 339 g/mol. The van der Waals surface area contributed by atoms with E-state index in [0.717, 1.165) is 11.4 Å². The van der Waals surface area contributed by atoms with Crippen molar-refractivity contribution >= 4 is 38.2 Å². The van der Waals surface area contributed by atoms with Gasteiger partial charge in [0.2, 0.25) is 0 Å². The molecule has 108 valence electrons. The van der Waals surface area contributed by atoms with Crippen molar-refractivity contribution in [3.05, 3.63) is 56.2 Å². The van der Waals surface area contributed by atoms with Crippen LogP contribution < -0.4 is 10.2 Å². The standard InChI is InChI=1S/C13H11ClN4OS2/c1-8-10(15-12-11(14)16-21-20-12)13(19)18(17(8)2)9-6-4-3-5-7-9/h3-7H,1-2H3. The third-order valence-electron chi connectivity index (χ3n) is 3.15. The molecule has 2 heterocycles. The van der Waals surface area contributed by atoms with E-state index in [9.17, 15) is 4.79 Å². The molecule has 0 aliphatic carbocycles. The van der Waals surface area contributed by atoms with Crippen molar-refractivity contribution in [3.8, 4) is 5.69 Å². The maximum absolute atomic E-state index is 12.6. The molecule has 0 fully saturated rings. The van der Waals surface area contributed by atoms with Gasteiger partial charge in [0, 0.05) is 17.6 Å². The van der Waals surface area contributed by atoms with Crippen LogP contribution in [0.1, 0.15) is 5.69 Å². The van der Waals surface area contributed by atoms with Crippen molar-refractivity contribution < 1.29 is 0 Å². The topological polar surface area (TPSA) is 52.2 Å². The molecule has 0 saturated heterocycles. The van der Waals surface area contributed by atoms with Gasteiger partial charge in [-0.3, -0.25) is 9.48 Å². The van der Waals surface area contributed by atoms with Crippen LogP contribution >= 0.6 is 32.5 Å². The quantitative estimate of drug-likeness (QED) is 0.675. The summed E-state index contributed by atoms with van der Waals surface area (Å²) in [4.78, 5) is 17.0. The van der Waals surface area contributed by atoms with Gasteiger partial charge < -0.3 is 0 Å². The zero-order valence-electron chi connectivity index (χ0n) is 11.3. The largest absolute Gasteiger partial charge is 0.297 e. The van der Waals surface area contributed by atoms with E-state index in [1.807, 2.05) is 44.3 Å². The van der Waals surface area contributed by atoms with Gasteiger partial charge in [-0.05, 0) is 29.4 Å². The molecular weight excluding hydrogens is 328 g/mol. The molecule has 0 saturated carbocycles. The molecule has 5 nitrogen and oxygen atoms in total. The van der Waals surface area contributed by atoms with Crippen LogP contribution in [0.15, 0.2) is 40.1 Å². The minimum Gasteiger partial charge on any atom is -0.283 e. The Balaban J connectivity index is 2.27. The lowest BCUT2D eigenvalue weighted by molar-refractivity contribution is 0.630. The summed E-state index contributed by atoms with van der Waals surface area (Å²) >= 11 is 5.96. The van der Waals surface area contributed by atoms with Crippen LogP contribution in [0, 0.1) is 6.92 Å². The van der Waals surface area contributed by atoms with Gasteiger partial charge in [-0.15, -0.1) is 0 Å². The normalized spacial score (nSPS) is 12.0. The van der Waals surface area contributed by atoms with Crippen LogP contribution in [0.3, 0.4) is 0 Å². The number of hydrogen-bond donors (Lipinski definition) is 0. The molecule has 8 heteroatoms. The van der Waals surface area contributed by atoms with Crippen LogP contribution in [-0.2, 0) is 7.05 Å². The summed E-state index contributed by atoms with van der Waals surface area (Å²) in [5.74, 6) is 0. The van der Waals surface area contributed by atoms with Gasteiger partial charge in [0.1, 0.15) is 0 Å². The lowest BCUT2D eigenvalue weighted by Gasteiger charge is -2.07. The van der Waals surface area contributed by atoms with E-state index in [1.54, 1.807) is 9.36 Å². The van der Waals surface area contributed by atoms with Crippen LogP contribution in [0.2, 0.25) is 5.15 Å². The molecule has 0 atom stereocenters. The van der Waals surface area contributed by atoms with Gasteiger partial charge in [0.05, 0.1) is 11.4 Å². The van der Waals surface area contributed by atoms with Gasteiger partial charge in [-0.1, -0.05) is 29.8 Å². The first kappa shape index (κ1) is 14.2. The average Bonchev–Trinajstić information content (AvgIpc) is 2.98. The molecule has 21 heavy (non-hydrogen) atoms. The Hall–Kier alpha value is -1.70. The van der Waals surface area contributed by atoms with E-state index in [2.05, 4.69) is 9.37 Å². The second-order valence-electron chi connectivity index (χ2n) is 4.37. The number of aromatic nitrogens is 3. The molecule has 3 rings (SSSR count). The smallest absolute Gasteiger partial charge is 0.283 e. The van der Waals surface area contributed by atoms with Crippen LogP contribution in [-0.4, -0.2) is 13.7 Å². The minimum atomic E-state index is -0.171. The lowest BCUT2D eigenvalue weighted by atomic mass is 10.3. The van der Waals surface area contributed by atoms with E-state index in [-0.39, 0.29) is 5.56 Å². The highest BCUT2D eigenvalue weighted by atomic mass is 35.5. The monoisotopic (exact) mass is 338 g/mol. The molecule has 0 aliphatic heterocycles. The molecule has 0 N–H and O–H groups in total. The molecular formula is C13H11ClN4OS2. The minimum absolute atomic E-state index is 0.171. The first-order valence-electron chi connectivity index (χ1n) is 6.10. The number of benzene rings is 1. The van der Waals surface area contributed by atoms with Gasteiger partial charge in [-0.2, -0.15) is 4.37 Å². The molecule has 3 aromatic rings. The third kappa shape index (κ3) is 2.48. The Kier molecular flexibility index (Phi) is 3.79. The maximum atomic E-state index is 12.6. The summed E-state index contributed by atoms with van der Waals surface area (Å²) in [6.45, 7) is 1.86. The fourth-order valence-corrected chi connectivity index (χ4v) is 3.99.